The molecule has 1 aliphatic rings. The van der Waals surface area contributed by atoms with E-state index < -0.39 is 5.82 Å². The number of nitrogens with zero attached hydrogens (tertiary/aromatic N) is 1. The molecule has 0 spiro atoms. The van der Waals surface area contributed by atoms with Crippen molar-refractivity contribution < 1.29 is 14.0 Å². The van der Waals surface area contributed by atoms with E-state index in [0.29, 0.717) is 31.5 Å². The van der Waals surface area contributed by atoms with Crippen LogP contribution in [0.4, 0.5) is 4.39 Å². The fourth-order valence-electron chi connectivity index (χ4n) is 3.02. The van der Waals surface area contributed by atoms with Gasteiger partial charge in [0.25, 0.3) is 5.91 Å². The zero-order chi connectivity index (χ0) is 18.4. The number of nitrogens with one attached hydrogen (secondary N) is 1. The Balaban J connectivity index is 1.48. The molecule has 2 aromatic rings. The van der Waals surface area contributed by atoms with Gasteiger partial charge in [-0.05, 0) is 42.7 Å². The number of piperidine rings is 1. The third-order valence-electron chi connectivity index (χ3n) is 4.43. The number of likely N-dealkylation sites (tertiary alicyclic amines) is 1. The Kier molecular flexibility index (Phi) is 5.79. The van der Waals surface area contributed by atoms with E-state index in [1.807, 2.05) is 30.3 Å². The van der Waals surface area contributed by atoms with Crippen LogP contribution in [0.5, 0.6) is 0 Å². The lowest BCUT2D eigenvalue weighted by molar-refractivity contribution is -0.117. The highest BCUT2D eigenvalue weighted by Gasteiger charge is 2.24. The van der Waals surface area contributed by atoms with Crippen molar-refractivity contribution in [1.82, 2.24) is 10.2 Å². The molecule has 1 aliphatic heterocycles. The third kappa shape index (κ3) is 4.79. The van der Waals surface area contributed by atoms with E-state index in [4.69, 9.17) is 0 Å². The first-order chi connectivity index (χ1) is 12.6. The molecule has 134 valence electrons. The first-order valence-corrected chi connectivity index (χ1v) is 8.70. The molecule has 3 rings (SSSR count). The molecule has 0 bridgehead atoms. The summed E-state index contributed by atoms with van der Waals surface area (Å²) >= 11 is 0. The first kappa shape index (κ1) is 17.9. The molecule has 1 heterocycles. The minimum absolute atomic E-state index is 0.0412. The van der Waals surface area contributed by atoms with Crippen LogP contribution >= 0.6 is 0 Å². The Hall–Kier alpha value is -2.95. The van der Waals surface area contributed by atoms with E-state index in [2.05, 4.69) is 5.32 Å². The Morgan fingerprint density at radius 1 is 1.04 bits per heavy atom. The summed E-state index contributed by atoms with van der Waals surface area (Å²) in [6.45, 7) is 1.09. The van der Waals surface area contributed by atoms with Crippen molar-refractivity contribution in [2.24, 2.45) is 0 Å². The fraction of sp³-hybridized carbons (Fsp3) is 0.238. The summed E-state index contributed by atoms with van der Waals surface area (Å²) in [7, 11) is 0. The molecular weight excluding hydrogens is 331 g/mol. The van der Waals surface area contributed by atoms with Crippen LogP contribution in [0.3, 0.4) is 0 Å². The predicted molar refractivity (Wildman–Crippen MR) is 98.9 cm³/mol. The Labute approximate surface area is 152 Å². The second kappa shape index (κ2) is 8.43. The van der Waals surface area contributed by atoms with Crippen LogP contribution in [0.2, 0.25) is 0 Å². The minimum Gasteiger partial charge on any atom is -0.350 e. The number of rotatable bonds is 4. The van der Waals surface area contributed by atoms with Crippen molar-refractivity contribution in [3.8, 4) is 0 Å². The highest BCUT2D eigenvalue weighted by molar-refractivity contribution is 5.94. The zero-order valence-corrected chi connectivity index (χ0v) is 14.4. The lowest BCUT2D eigenvalue weighted by Gasteiger charge is -2.32. The lowest BCUT2D eigenvalue weighted by Crippen LogP contribution is -2.46. The van der Waals surface area contributed by atoms with Gasteiger partial charge in [-0.3, -0.25) is 9.59 Å². The van der Waals surface area contributed by atoms with Gasteiger partial charge in [0.05, 0.1) is 0 Å². The van der Waals surface area contributed by atoms with Crippen molar-refractivity contribution in [2.45, 2.75) is 18.9 Å². The summed E-state index contributed by atoms with van der Waals surface area (Å²) in [5, 5.41) is 2.97. The maximum Gasteiger partial charge on any atom is 0.253 e. The van der Waals surface area contributed by atoms with E-state index in [1.54, 1.807) is 17.0 Å². The van der Waals surface area contributed by atoms with Gasteiger partial charge in [-0.15, -0.1) is 0 Å². The van der Waals surface area contributed by atoms with Crippen molar-refractivity contribution in [3.63, 3.8) is 0 Å². The van der Waals surface area contributed by atoms with Crippen LogP contribution in [0.15, 0.2) is 60.7 Å². The molecule has 2 amide bonds. The number of amides is 2. The molecule has 1 N–H and O–H groups in total. The van der Waals surface area contributed by atoms with Crippen LogP contribution < -0.4 is 5.32 Å². The molecule has 26 heavy (non-hydrogen) atoms. The van der Waals surface area contributed by atoms with Gasteiger partial charge in [0.1, 0.15) is 5.82 Å². The Morgan fingerprint density at radius 3 is 2.46 bits per heavy atom. The minimum atomic E-state index is -0.414. The number of carbonyl (C=O) groups is 2. The summed E-state index contributed by atoms with van der Waals surface area (Å²) in [6.07, 6.45) is 4.68. The molecule has 0 aliphatic carbocycles. The molecule has 1 fully saturated rings. The molecule has 0 radical (unpaired) electrons. The largest absolute Gasteiger partial charge is 0.350 e. The topological polar surface area (TPSA) is 49.4 Å². The third-order valence-corrected chi connectivity index (χ3v) is 4.43. The second-order valence-electron chi connectivity index (χ2n) is 6.33. The van der Waals surface area contributed by atoms with Crippen molar-refractivity contribution in [1.29, 1.82) is 0 Å². The van der Waals surface area contributed by atoms with Gasteiger partial charge in [-0.25, -0.2) is 4.39 Å². The number of carbonyl (C=O) groups excluding carboxylic acids is 2. The van der Waals surface area contributed by atoms with E-state index in [1.165, 1.54) is 24.3 Å². The summed E-state index contributed by atoms with van der Waals surface area (Å²) in [5.41, 5.74) is 1.33. The van der Waals surface area contributed by atoms with Crippen LogP contribution in [0.25, 0.3) is 6.08 Å². The molecule has 5 heteroatoms. The SMILES string of the molecule is O=C(/C=C/c1ccccc1)NC1CCN(C(=O)c2cccc(F)c2)CC1. The fourth-order valence-corrected chi connectivity index (χ4v) is 3.02. The lowest BCUT2D eigenvalue weighted by atomic mass is 10.0. The van der Waals surface area contributed by atoms with Gasteiger partial charge in [-0.2, -0.15) is 0 Å². The number of halogens is 1. The van der Waals surface area contributed by atoms with Gasteiger partial charge in [0.2, 0.25) is 5.91 Å². The van der Waals surface area contributed by atoms with E-state index in [9.17, 15) is 14.0 Å². The van der Waals surface area contributed by atoms with Gasteiger partial charge in [-0.1, -0.05) is 36.4 Å². The monoisotopic (exact) mass is 352 g/mol. The molecule has 0 unspecified atom stereocenters. The summed E-state index contributed by atoms with van der Waals surface area (Å²) in [6, 6.07) is 15.4. The molecule has 0 atom stereocenters. The van der Waals surface area contributed by atoms with E-state index in [0.717, 1.165) is 5.56 Å². The number of benzene rings is 2. The first-order valence-electron chi connectivity index (χ1n) is 8.70. The van der Waals surface area contributed by atoms with Gasteiger partial charge >= 0.3 is 0 Å². The smallest absolute Gasteiger partial charge is 0.253 e. The second-order valence-corrected chi connectivity index (χ2v) is 6.33. The summed E-state index contributed by atoms with van der Waals surface area (Å²) in [4.78, 5) is 26.1. The molecule has 4 nitrogen and oxygen atoms in total. The number of hydrogen-bond donors (Lipinski definition) is 1. The molecule has 0 saturated carbocycles. The zero-order valence-electron chi connectivity index (χ0n) is 14.4. The average molecular weight is 352 g/mol. The van der Waals surface area contributed by atoms with Crippen molar-refractivity contribution >= 4 is 17.9 Å². The van der Waals surface area contributed by atoms with Gasteiger partial charge in [0, 0.05) is 30.8 Å². The standard InChI is InChI=1S/C21H21FN2O2/c22-18-8-4-7-17(15-18)21(26)24-13-11-19(12-14-24)23-20(25)10-9-16-5-2-1-3-6-16/h1-10,15,19H,11-14H2,(H,23,25)/b10-9+. The summed E-state index contributed by atoms with van der Waals surface area (Å²) < 4.78 is 13.3. The van der Waals surface area contributed by atoms with Crippen LogP contribution in [-0.4, -0.2) is 35.8 Å². The Bertz CT molecular complexity index is 797. The Morgan fingerprint density at radius 2 is 1.77 bits per heavy atom. The molecule has 0 aromatic heterocycles. The van der Waals surface area contributed by atoms with Crippen molar-refractivity contribution in [2.75, 3.05) is 13.1 Å². The molecule has 1 saturated heterocycles. The maximum atomic E-state index is 13.3. The quantitative estimate of drug-likeness (QED) is 0.859. The van der Waals surface area contributed by atoms with Gasteiger partial charge in [0.15, 0.2) is 0 Å². The van der Waals surface area contributed by atoms with Crippen LogP contribution in [0, 0.1) is 5.82 Å². The highest BCUT2D eigenvalue weighted by atomic mass is 19.1. The highest BCUT2D eigenvalue weighted by Crippen LogP contribution is 2.15. The maximum absolute atomic E-state index is 13.3. The predicted octanol–water partition coefficient (Wildman–Crippen LogP) is 3.26. The average Bonchev–Trinajstić information content (AvgIpc) is 2.67. The number of hydrogen-bond acceptors (Lipinski definition) is 2. The van der Waals surface area contributed by atoms with Crippen LogP contribution in [-0.2, 0) is 4.79 Å². The molecular formula is C21H21FN2O2. The summed E-state index contributed by atoms with van der Waals surface area (Å²) in [5.74, 6) is -0.717. The van der Waals surface area contributed by atoms with Gasteiger partial charge < -0.3 is 10.2 Å². The normalized spacial score (nSPS) is 15.2. The van der Waals surface area contributed by atoms with E-state index >= 15 is 0 Å². The molecule has 2 aromatic carbocycles. The van der Waals surface area contributed by atoms with Crippen LogP contribution in [0.1, 0.15) is 28.8 Å². The van der Waals surface area contributed by atoms with E-state index in [-0.39, 0.29) is 17.9 Å². The van der Waals surface area contributed by atoms with Crippen molar-refractivity contribution in [3.05, 3.63) is 77.6 Å².